The summed E-state index contributed by atoms with van der Waals surface area (Å²) in [4.78, 5) is 0. The summed E-state index contributed by atoms with van der Waals surface area (Å²) in [7, 11) is 0. The van der Waals surface area contributed by atoms with Crippen LogP contribution in [0.1, 0.15) is 13.8 Å². The zero-order chi connectivity index (χ0) is 9.31. The molecule has 0 saturated carbocycles. The standard InChI is InChI=1S/C11H16N2/c1-11(2)5-3-4-9-10(8-11)13-7-6-12-9/h3-5,8,12-13H,6-7H2,1-2H3. The lowest BCUT2D eigenvalue weighted by atomic mass is 9.92. The van der Waals surface area contributed by atoms with Crippen molar-refractivity contribution in [1.29, 1.82) is 0 Å². The Kier molecular flexibility index (Phi) is 1.91. The van der Waals surface area contributed by atoms with Crippen LogP contribution in [-0.4, -0.2) is 13.1 Å². The number of piperazine rings is 1. The minimum Gasteiger partial charge on any atom is -0.382 e. The Morgan fingerprint density at radius 2 is 1.85 bits per heavy atom. The van der Waals surface area contributed by atoms with Crippen LogP contribution in [0.5, 0.6) is 0 Å². The Morgan fingerprint density at radius 1 is 1.15 bits per heavy atom. The second kappa shape index (κ2) is 2.95. The molecule has 1 saturated heterocycles. The van der Waals surface area contributed by atoms with Crippen molar-refractivity contribution in [1.82, 2.24) is 10.6 Å². The molecule has 2 rings (SSSR count). The van der Waals surface area contributed by atoms with E-state index in [-0.39, 0.29) is 5.41 Å². The lowest BCUT2D eigenvalue weighted by Crippen LogP contribution is -2.36. The summed E-state index contributed by atoms with van der Waals surface area (Å²) in [6.07, 6.45) is 8.74. The second-order valence-corrected chi connectivity index (χ2v) is 4.17. The fraction of sp³-hybridized carbons (Fsp3) is 0.455. The maximum absolute atomic E-state index is 3.41. The highest BCUT2D eigenvalue weighted by molar-refractivity contribution is 5.38. The number of nitrogens with one attached hydrogen (secondary N) is 2. The van der Waals surface area contributed by atoms with E-state index < -0.39 is 0 Å². The molecule has 0 aromatic heterocycles. The average Bonchev–Trinajstić information content (AvgIpc) is 2.21. The van der Waals surface area contributed by atoms with Gasteiger partial charge in [-0.1, -0.05) is 26.0 Å². The Labute approximate surface area is 79.4 Å². The van der Waals surface area contributed by atoms with Gasteiger partial charge in [-0.15, -0.1) is 0 Å². The monoisotopic (exact) mass is 176 g/mol. The van der Waals surface area contributed by atoms with E-state index in [0.29, 0.717) is 0 Å². The maximum atomic E-state index is 3.41. The number of fused-ring (bicyclic) bond motifs is 1. The number of allylic oxidation sites excluding steroid dienone is 4. The molecule has 0 unspecified atom stereocenters. The fourth-order valence-corrected chi connectivity index (χ4v) is 1.67. The smallest absolute Gasteiger partial charge is 0.0573 e. The Hall–Kier alpha value is -1.18. The van der Waals surface area contributed by atoms with Crippen LogP contribution in [0.15, 0.2) is 35.7 Å². The molecule has 1 heterocycles. The van der Waals surface area contributed by atoms with E-state index >= 15 is 0 Å². The number of hydrogen-bond donors (Lipinski definition) is 2. The normalized spacial score (nSPS) is 24.5. The molecule has 70 valence electrons. The Morgan fingerprint density at radius 3 is 2.62 bits per heavy atom. The molecule has 0 radical (unpaired) electrons. The first kappa shape index (κ1) is 8.42. The third-order valence-corrected chi connectivity index (χ3v) is 2.35. The molecule has 1 fully saturated rings. The van der Waals surface area contributed by atoms with E-state index in [1.54, 1.807) is 0 Å². The van der Waals surface area contributed by atoms with Gasteiger partial charge in [-0.05, 0) is 12.2 Å². The molecule has 2 nitrogen and oxygen atoms in total. The Balaban J connectivity index is 2.34. The first-order valence-corrected chi connectivity index (χ1v) is 4.78. The molecular formula is C11H16N2. The third kappa shape index (κ3) is 1.77. The zero-order valence-electron chi connectivity index (χ0n) is 8.22. The maximum Gasteiger partial charge on any atom is 0.0573 e. The number of rotatable bonds is 0. The van der Waals surface area contributed by atoms with Crippen LogP contribution in [-0.2, 0) is 0 Å². The summed E-state index contributed by atoms with van der Waals surface area (Å²) in [5, 5.41) is 6.78. The average molecular weight is 176 g/mol. The van der Waals surface area contributed by atoms with Gasteiger partial charge in [0.25, 0.3) is 0 Å². The fourth-order valence-electron chi connectivity index (χ4n) is 1.67. The minimum absolute atomic E-state index is 0.152. The van der Waals surface area contributed by atoms with Gasteiger partial charge >= 0.3 is 0 Å². The predicted octanol–water partition coefficient (Wildman–Crippen LogP) is 1.54. The summed E-state index contributed by atoms with van der Waals surface area (Å²) in [6, 6.07) is 0. The van der Waals surface area contributed by atoms with Crippen molar-refractivity contribution >= 4 is 0 Å². The molecule has 0 aromatic rings. The molecule has 2 N–H and O–H groups in total. The van der Waals surface area contributed by atoms with Crippen molar-refractivity contribution in [2.24, 2.45) is 5.41 Å². The lowest BCUT2D eigenvalue weighted by Gasteiger charge is -2.24. The molecule has 0 atom stereocenters. The quantitative estimate of drug-likeness (QED) is 0.585. The van der Waals surface area contributed by atoms with Crippen LogP contribution < -0.4 is 10.6 Å². The van der Waals surface area contributed by atoms with Gasteiger partial charge in [-0.3, -0.25) is 0 Å². The van der Waals surface area contributed by atoms with Crippen LogP contribution in [0.4, 0.5) is 0 Å². The molecule has 2 aliphatic rings. The van der Waals surface area contributed by atoms with Crippen molar-refractivity contribution in [3.63, 3.8) is 0 Å². The summed E-state index contributed by atoms with van der Waals surface area (Å²) in [6.45, 7) is 6.45. The third-order valence-electron chi connectivity index (χ3n) is 2.35. The van der Waals surface area contributed by atoms with E-state index in [1.165, 1.54) is 11.4 Å². The van der Waals surface area contributed by atoms with Crippen LogP contribution in [0.3, 0.4) is 0 Å². The van der Waals surface area contributed by atoms with Crippen LogP contribution >= 0.6 is 0 Å². The van der Waals surface area contributed by atoms with Crippen LogP contribution in [0.2, 0.25) is 0 Å². The van der Waals surface area contributed by atoms with Crippen LogP contribution in [0, 0.1) is 5.41 Å². The summed E-state index contributed by atoms with van der Waals surface area (Å²) < 4.78 is 0. The van der Waals surface area contributed by atoms with Gasteiger partial charge in [0.1, 0.15) is 0 Å². The van der Waals surface area contributed by atoms with Gasteiger partial charge in [0.2, 0.25) is 0 Å². The van der Waals surface area contributed by atoms with Crippen molar-refractivity contribution in [2.45, 2.75) is 13.8 Å². The van der Waals surface area contributed by atoms with Gasteiger partial charge in [-0.25, -0.2) is 0 Å². The lowest BCUT2D eigenvalue weighted by molar-refractivity contribution is 0.595. The number of hydrogen-bond acceptors (Lipinski definition) is 2. The molecular weight excluding hydrogens is 160 g/mol. The summed E-state index contributed by atoms with van der Waals surface area (Å²) in [5.41, 5.74) is 2.61. The molecule has 0 bridgehead atoms. The molecule has 0 aromatic carbocycles. The summed E-state index contributed by atoms with van der Waals surface area (Å²) >= 11 is 0. The molecule has 1 aliphatic carbocycles. The highest BCUT2D eigenvalue weighted by Crippen LogP contribution is 2.25. The van der Waals surface area contributed by atoms with Gasteiger partial charge < -0.3 is 10.6 Å². The van der Waals surface area contributed by atoms with Crippen molar-refractivity contribution in [3.05, 3.63) is 35.7 Å². The largest absolute Gasteiger partial charge is 0.382 e. The van der Waals surface area contributed by atoms with E-state index in [2.05, 4.69) is 48.8 Å². The molecule has 2 heteroatoms. The first-order chi connectivity index (χ1) is 6.17. The molecule has 0 amide bonds. The second-order valence-electron chi connectivity index (χ2n) is 4.17. The van der Waals surface area contributed by atoms with Gasteiger partial charge in [-0.2, -0.15) is 0 Å². The van der Waals surface area contributed by atoms with Crippen molar-refractivity contribution in [3.8, 4) is 0 Å². The van der Waals surface area contributed by atoms with Gasteiger partial charge in [0.05, 0.1) is 11.4 Å². The highest BCUT2D eigenvalue weighted by Gasteiger charge is 2.18. The topological polar surface area (TPSA) is 24.1 Å². The SMILES string of the molecule is CC1(C)C=CC=C2NCCNC2=C1. The van der Waals surface area contributed by atoms with Gasteiger partial charge in [0.15, 0.2) is 0 Å². The summed E-state index contributed by atoms with van der Waals surface area (Å²) in [5.74, 6) is 0. The van der Waals surface area contributed by atoms with Gasteiger partial charge in [0, 0.05) is 18.5 Å². The van der Waals surface area contributed by atoms with Crippen molar-refractivity contribution < 1.29 is 0 Å². The predicted molar refractivity (Wildman–Crippen MR) is 55.1 cm³/mol. The van der Waals surface area contributed by atoms with E-state index in [0.717, 1.165) is 13.1 Å². The molecule has 1 aliphatic heterocycles. The zero-order valence-corrected chi connectivity index (χ0v) is 8.22. The minimum atomic E-state index is 0.152. The van der Waals surface area contributed by atoms with Crippen LogP contribution in [0.25, 0.3) is 0 Å². The van der Waals surface area contributed by atoms with Crippen molar-refractivity contribution in [2.75, 3.05) is 13.1 Å². The Bertz CT molecular complexity index is 295. The first-order valence-electron chi connectivity index (χ1n) is 4.78. The molecule has 13 heavy (non-hydrogen) atoms. The highest BCUT2D eigenvalue weighted by atomic mass is 15.0. The van der Waals surface area contributed by atoms with E-state index in [1.807, 2.05) is 0 Å². The van der Waals surface area contributed by atoms with E-state index in [4.69, 9.17) is 0 Å². The molecule has 0 spiro atoms. The van der Waals surface area contributed by atoms with E-state index in [9.17, 15) is 0 Å².